The van der Waals surface area contributed by atoms with Gasteiger partial charge in [-0.3, -0.25) is 4.57 Å². The van der Waals surface area contributed by atoms with E-state index in [1.807, 2.05) is 25.3 Å². The van der Waals surface area contributed by atoms with Crippen molar-refractivity contribution in [2.24, 2.45) is 0 Å². The number of nitrogens with one attached hydrogen (secondary N) is 1. The second-order valence-corrected chi connectivity index (χ2v) is 7.24. The molecule has 3 aromatic rings. The lowest BCUT2D eigenvalue weighted by Gasteiger charge is -2.16. The van der Waals surface area contributed by atoms with E-state index in [1.54, 1.807) is 13.0 Å². The van der Waals surface area contributed by atoms with Crippen LogP contribution in [0.25, 0.3) is 11.2 Å². The number of nitrogen functional groups attached to an aromatic ring is 1. The molecule has 9 heteroatoms. The van der Waals surface area contributed by atoms with Crippen molar-refractivity contribution in [3.8, 4) is 11.5 Å². The molecule has 0 amide bonds. The zero-order valence-electron chi connectivity index (χ0n) is 16.4. The Morgan fingerprint density at radius 2 is 1.79 bits per heavy atom. The Hall–Kier alpha value is -3.07. The molecule has 0 aliphatic heterocycles. The summed E-state index contributed by atoms with van der Waals surface area (Å²) < 4.78 is 1.83. The van der Waals surface area contributed by atoms with E-state index < -0.39 is 6.10 Å². The number of hydrogen-bond acceptors (Lipinski definition) is 8. The Bertz CT molecular complexity index is 999. The predicted octanol–water partition coefficient (Wildman–Crippen LogP) is 2.35. The first-order valence-electron chi connectivity index (χ1n) is 9.18. The van der Waals surface area contributed by atoms with Crippen LogP contribution in [0.2, 0.25) is 0 Å². The number of phenolic OH excluding ortho intramolecular Hbond substituents is 2. The van der Waals surface area contributed by atoms with Crippen LogP contribution in [-0.4, -0.2) is 47.5 Å². The average molecular weight is 386 g/mol. The van der Waals surface area contributed by atoms with Gasteiger partial charge in [-0.1, -0.05) is 13.0 Å². The maximum Gasteiger partial charge on any atom is 0.225 e. The summed E-state index contributed by atoms with van der Waals surface area (Å²) in [6, 6.07) is 4.71. The summed E-state index contributed by atoms with van der Waals surface area (Å²) in [7, 11) is 0. The van der Waals surface area contributed by atoms with Crippen LogP contribution < -0.4 is 11.1 Å². The third kappa shape index (κ3) is 3.65. The first-order valence-corrected chi connectivity index (χ1v) is 9.18. The lowest BCUT2D eigenvalue weighted by atomic mass is 9.96. The quantitative estimate of drug-likeness (QED) is 0.406. The van der Waals surface area contributed by atoms with Crippen LogP contribution in [0.4, 0.5) is 11.9 Å². The average Bonchev–Trinajstić information content (AvgIpc) is 2.96. The first-order chi connectivity index (χ1) is 13.2. The summed E-state index contributed by atoms with van der Waals surface area (Å²) in [5.74, 6) is 0.0683. The van der Waals surface area contributed by atoms with E-state index in [9.17, 15) is 15.3 Å². The lowest BCUT2D eigenvalue weighted by Crippen LogP contribution is -2.18. The number of nitrogens with two attached hydrogens (primary N) is 1. The molecule has 150 valence electrons. The van der Waals surface area contributed by atoms with Crippen molar-refractivity contribution < 1.29 is 15.3 Å². The van der Waals surface area contributed by atoms with E-state index in [2.05, 4.69) is 20.3 Å². The minimum atomic E-state index is -0.561. The number of anilines is 2. The molecule has 0 fully saturated rings. The van der Waals surface area contributed by atoms with Crippen LogP contribution in [-0.2, 0) is 0 Å². The molecule has 3 rings (SSSR count). The standard InChI is InChI=1S/C19H26N6O3/c1-9(2)25-17-16(22-18(25)20)15(23-19(24-17)21-8-10(3)26)11(4)12-5-6-13(27)14(28)7-12/h5-7,9-11,26-28H,8H2,1-4H3,(H2,20,22)(H,21,23,24). The van der Waals surface area contributed by atoms with Crippen LogP contribution in [0.1, 0.15) is 50.9 Å². The third-order valence-corrected chi connectivity index (χ3v) is 4.58. The number of imidazole rings is 1. The SMILES string of the molecule is CC(O)CNc1nc(C(C)c2ccc(O)c(O)c2)c2nc(N)n(C(C)C)c2n1. The Labute approximate surface area is 162 Å². The topological polar surface area (TPSA) is 142 Å². The van der Waals surface area contributed by atoms with Crippen molar-refractivity contribution in [2.75, 3.05) is 17.6 Å². The number of hydrogen-bond donors (Lipinski definition) is 5. The fraction of sp³-hybridized carbons (Fsp3) is 0.421. The van der Waals surface area contributed by atoms with Gasteiger partial charge in [0.25, 0.3) is 0 Å². The van der Waals surface area contributed by atoms with Gasteiger partial charge in [0, 0.05) is 18.5 Å². The molecular formula is C19H26N6O3. The van der Waals surface area contributed by atoms with Crippen LogP contribution in [0.15, 0.2) is 18.2 Å². The molecule has 0 saturated carbocycles. The summed E-state index contributed by atoms with van der Waals surface area (Å²) >= 11 is 0. The summed E-state index contributed by atoms with van der Waals surface area (Å²) in [5, 5.41) is 32.1. The summed E-state index contributed by atoms with van der Waals surface area (Å²) in [4.78, 5) is 13.6. The number of benzene rings is 1. The molecule has 0 saturated heterocycles. The molecule has 0 aliphatic carbocycles. The molecule has 6 N–H and O–H groups in total. The lowest BCUT2D eigenvalue weighted by molar-refractivity contribution is 0.208. The van der Waals surface area contributed by atoms with Crippen molar-refractivity contribution in [1.82, 2.24) is 19.5 Å². The van der Waals surface area contributed by atoms with E-state index in [0.717, 1.165) is 5.56 Å². The number of aliphatic hydroxyl groups excluding tert-OH is 1. The van der Waals surface area contributed by atoms with Gasteiger partial charge >= 0.3 is 0 Å². The normalized spacial score (nSPS) is 13.8. The molecule has 2 heterocycles. The number of phenols is 2. The highest BCUT2D eigenvalue weighted by atomic mass is 16.3. The molecule has 0 bridgehead atoms. The number of aromatic hydroxyl groups is 2. The van der Waals surface area contributed by atoms with Gasteiger partial charge in [0.2, 0.25) is 11.9 Å². The van der Waals surface area contributed by atoms with E-state index >= 15 is 0 Å². The van der Waals surface area contributed by atoms with Gasteiger partial charge in [-0.25, -0.2) is 9.97 Å². The maximum absolute atomic E-state index is 9.87. The van der Waals surface area contributed by atoms with Gasteiger partial charge < -0.3 is 26.4 Å². The number of fused-ring (bicyclic) bond motifs is 1. The number of rotatable bonds is 6. The zero-order chi connectivity index (χ0) is 20.6. The van der Waals surface area contributed by atoms with E-state index in [1.165, 1.54) is 12.1 Å². The summed E-state index contributed by atoms with van der Waals surface area (Å²) in [5.41, 5.74) is 8.70. The smallest absolute Gasteiger partial charge is 0.225 e. The monoisotopic (exact) mass is 386 g/mol. The molecule has 28 heavy (non-hydrogen) atoms. The highest BCUT2D eigenvalue weighted by molar-refractivity contribution is 5.79. The summed E-state index contributed by atoms with van der Waals surface area (Å²) in [6.45, 7) is 7.87. The molecule has 2 unspecified atom stereocenters. The minimum absolute atomic E-state index is 0.0467. The molecule has 2 atom stereocenters. The van der Waals surface area contributed by atoms with E-state index in [-0.39, 0.29) is 23.5 Å². The van der Waals surface area contributed by atoms with Crippen molar-refractivity contribution in [3.63, 3.8) is 0 Å². The Kier molecular flexibility index (Phi) is 5.28. The van der Waals surface area contributed by atoms with Crippen LogP contribution in [0.5, 0.6) is 11.5 Å². The van der Waals surface area contributed by atoms with Crippen LogP contribution in [0.3, 0.4) is 0 Å². The van der Waals surface area contributed by atoms with Gasteiger partial charge in [-0.15, -0.1) is 0 Å². The van der Waals surface area contributed by atoms with Crippen molar-refractivity contribution >= 4 is 23.1 Å². The third-order valence-electron chi connectivity index (χ3n) is 4.58. The second kappa shape index (κ2) is 7.51. The van der Waals surface area contributed by atoms with Crippen molar-refractivity contribution in [3.05, 3.63) is 29.5 Å². The largest absolute Gasteiger partial charge is 0.504 e. The fourth-order valence-electron chi connectivity index (χ4n) is 3.11. The van der Waals surface area contributed by atoms with Gasteiger partial charge in [0.05, 0.1) is 11.8 Å². The highest BCUT2D eigenvalue weighted by Crippen LogP contribution is 2.34. The predicted molar refractivity (Wildman–Crippen MR) is 108 cm³/mol. The molecule has 0 radical (unpaired) electrons. The van der Waals surface area contributed by atoms with Gasteiger partial charge in [-0.2, -0.15) is 4.98 Å². The first kappa shape index (κ1) is 19.7. The number of nitrogens with zero attached hydrogens (tertiary/aromatic N) is 4. The maximum atomic E-state index is 9.87. The molecule has 1 aromatic carbocycles. The van der Waals surface area contributed by atoms with Crippen molar-refractivity contribution in [2.45, 2.75) is 45.8 Å². The second-order valence-electron chi connectivity index (χ2n) is 7.24. The molecule has 0 aliphatic rings. The molecule has 0 spiro atoms. The Morgan fingerprint density at radius 1 is 1.07 bits per heavy atom. The van der Waals surface area contributed by atoms with Crippen molar-refractivity contribution in [1.29, 1.82) is 0 Å². The molecule has 2 aromatic heterocycles. The van der Waals surface area contributed by atoms with E-state index in [0.29, 0.717) is 35.3 Å². The fourth-order valence-corrected chi connectivity index (χ4v) is 3.11. The van der Waals surface area contributed by atoms with Crippen LogP contribution >= 0.6 is 0 Å². The van der Waals surface area contributed by atoms with Gasteiger partial charge in [0.1, 0.15) is 5.52 Å². The van der Waals surface area contributed by atoms with Gasteiger partial charge in [-0.05, 0) is 38.5 Å². The number of aromatic nitrogens is 4. The Morgan fingerprint density at radius 3 is 2.39 bits per heavy atom. The molecule has 9 nitrogen and oxygen atoms in total. The highest BCUT2D eigenvalue weighted by Gasteiger charge is 2.23. The van der Waals surface area contributed by atoms with Crippen LogP contribution in [0, 0.1) is 0 Å². The minimum Gasteiger partial charge on any atom is -0.504 e. The Balaban J connectivity index is 2.18. The number of aliphatic hydroxyl groups is 1. The zero-order valence-corrected chi connectivity index (χ0v) is 16.4. The summed E-state index contributed by atoms with van der Waals surface area (Å²) in [6.07, 6.45) is -0.561. The molecular weight excluding hydrogens is 360 g/mol. The van der Waals surface area contributed by atoms with Gasteiger partial charge in [0.15, 0.2) is 17.1 Å². The van der Waals surface area contributed by atoms with E-state index in [4.69, 9.17) is 5.73 Å².